The molecule has 0 spiro atoms. The van der Waals surface area contributed by atoms with Crippen molar-refractivity contribution in [2.45, 2.75) is 110 Å². The first-order chi connectivity index (χ1) is 21.5. The van der Waals surface area contributed by atoms with E-state index in [1.165, 1.54) is 0 Å². The molecular formula is C26H35N3O17. The summed E-state index contributed by atoms with van der Waals surface area (Å²) in [4.78, 5) is 86.7. The molecule has 2 aliphatic heterocycles. The van der Waals surface area contributed by atoms with E-state index in [9.17, 15) is 33.6 Å². The van der Waals surface area contributed by atoms with Crippen LogP contribution < -0.4 is 0 Å². The van der Waals surface area contributed by atoms with Crippen molar-refractivity contribution < 1.29 is 80.9 Å². The summed E-state index contributed by atoms with van der Waals surface area (Å²) in [7, 11) is 0. The van der Waals surface area contributed by atoms with Crippen LogP contribution in [-0.4, -0.2) is 116 Å². The first kappa shape index (κ1) is 37.7. The molecule has 2 fully saturated rings. The van der Waals surface area contributed by atoms with Crippen LogP contribution in [0.25, 0.3) is 10.4 Å². The molecule has 2 heterocycles. The minimum absolute atomic E-state index is 0.585. The number of carbonyl (C=O) groups is 7. The average molecular weight is 662 g/mol. The van der Waals surface area contributed by atoms with Crippen molar-refractivity contribution in [3.8, 4) is 0 Å². The van der Waals surface area contributed by atoms with Gasteiger partial charge >= 0.3 is 41.8 Å². The van der Waals surface area contributed by atoms with Gasteiger partial charge in [0.2, 0.25) is 0 Å². The number of hydrogen-bond acceptors (Lipinski definition) is 18. The third kappa shape index (κ3) is 11.1. The van der Waals surface area contributed by atoms with Crippen LogP contribution in [0, 0.1) is 0 Å². The highest BCUT2D eigenvalue weighted by Gasteiger charge is 2.57. The number of hydrogen-bond donors (Lipinski definition) is 0. The van der Waals surface area contributed by atoms with Crippen LogP contribution in [0.4, 0.5) is 0 Å². The minimum atomic E-state index is -1.82. The first-order valence-electron chi connectivity index (χ1n) is 13.7. The fourth-order valence-corrected chi connectivity index (χ4v) is 4.63. The van der Waals surface area contributed by atoms with Crippen molar-refractivity contribution in [1.82, 2.24) is 0 Å². The predicted molar refractivity (Wildman–Crippen MR) is 142 cm³/mol. The van der Waals surface area contributed by atoms with Gasteiger partial charge in [-0.2, -0.15) is 0 Å². The Kier molecular flexibility index (Phi) is 14.1. The Labute approximate surface area is 261 Å². The second-order valence-corrected chi connectivity index (χ2v) is 9.89. The van der Waals surface area contributed by atoms with E-state index >= 15 is 0 Å². The lowest BCUT2D eigenvalue weighted by Gasteiger charge is -2.48. The Morgan fingerprint density at radius 1 is 0.543 bits per heavy atom. The molecule has 0 bridgehead atoms. The summed E-state index contributed by atoms with van der Waals surface area (Å²) in [6, 6.07) is 0. The summed E-state index contributed by atoms with van der Waals surface area (Å²) in [5.41, 5.74) is 9.13. The van der Waals surface area contributed by atoms with Crippen LogP contribution in [0.5, 0.6) is 0 Å². The van der Waals surface area contributed by atoms with E-state index in [0.29, 0.717) is 0 Å². The standard InChI is InChI=1S/C26H35N3O17/c1-10(30)37-8-17-20(21(40-13(4)33)23(42-15(6)35)25(44-17)28-29-27)46-26-24(43-16(7)36)22(41-14(5)34)19(39-12(3)32)18(45-26)9-38-11(2)31/h17-26H,8-9H2,1-7H3/t17-,18-,19-,20-,21+,22+,23+,24+,25?,26+/m1/s1. The van der Waals surface area contributed by atoms with Gasteiger partial charge in [-0.1, -0.05) is 5.11 Å². The van der Waals surface area contributed by atoms with Crippen molar-refractivity contribution in [2.75, 3.05) is 13.2 Å². The maximum Gasteiger partial charge on any atom is 0.303 e. The second kappa shape index (κ2) is 17.2. The van der Waals surface area contributed by atoms with Crippen LogP contribution in [0.2, 0.25) is 0 Å². The Morgan fingerprint density at radius 3 is 1.37 bits per heavy atom. The maximum absolute atomic E-state index is 12.2. The van der Waals surface area contributed by atoms with Gasteiger partial charge in [-0.05, 0) is 5.53 Å². The van der Waals surface area contributed by atoms with Gasteiger partial charge in [0.25, 0.3) is 0 Å². The number of nitrogens with zero attached hydrogens (tertiary/aromatic N) is 3. The molecule has 0 aliphatic carbocycles. The van der Waals surface area contributed by atoms with Crippen LogP contribution in [0.15, 0.2) is 5.11 Å². The van der Waals surface area contributed by atoms with Gasteiger partial charge < -0.3 is 47.4 Å². The van der Waals surface area contributed by atoms with E-state index in [1.54, 1.807) is 0 Å². The van der Waals surface area contributed by atoms with Crippen molar-refractivity contribution >= 4 is 41.8 Å². The lowest BCUT2D eigenvalue weighted by atomic mass is 9.95. The van der Waals surface area contributed by atoms with E-state index in [1.807, 2.05) is 0 Å². The molecule has 0 saturated carbocycles. The highest BCUT2D eigenvalue weighted by Crippen LogP contribution is 2.35. The molecule has 20 heteroatoms. The van der Waals surface area contributed by atoms with Gasteiger partial charge in [-0.3, -0.25) is 33.6 Å². The topological polar surface area (TPSA) is 261 Å². The number of carbonyl (C=O) groups excluding carboxylic acids is 7. The summed E-state index contributed by atoms with van der Waals surface area (Å²) in [5.74, 6) is -6.10. The fourth-order valence-electron chi connectivity index (χ4n) is 4.63. The third-order valence-corrected chi connectivity index (χ3v) is 6.07. The van der Waals surface area contributed by atoms with E-state index in [0.717, 1.165) is 48.5 Å². The molecule has 0 aromatic heterocycles. The summed E-state index contributed by atoms with van der Waals surface area (Å²) >= 11 is 0. The van der Waals surface area contributed by atoms with Gasteiger partial charge in [-0.15, -0.1) is 0 Å². The van der Waals surface area contributed by atoms with Crippen molar-refractivity contribution in [3.05, 3.63) is 10.4 Å². The van der Waals surface area contributed by atoms with Crippen LogP contribution in [0.3, 0.4) is 0 Å². The Morgan fingerprint density at radius 2 is 0.935 bits per heavy atom. The molecule has 1 unspecified atom stereocenters. The molecule has 0 aromatic rings. The Bertz CT molecular complexity index is 1220. The number of azide groups is 1. The maximum atomic E-state index is 12.2. The molecule has 256 valence electrons. The van der Waals surface area contributed by atoms with Gasteiger partial charge in [0.05, 0.1) is 0 Å². The molecular weight excluding hydrogens is 626 g/mol. The quantitative estimate of drug-likeness (QED) is 0.0870. The summed E-state index contributed by atoms with van der Waals surface area (Å²) in [6.45, 7) is 6.05. The van der Waals surface area contributed by atoms with Gasteiger partial charge in [0, 0.05) is 53.4 Å². The summed E-state index contributed by atoms with van der Waals surface area (Å²) in [6.07, 6.45) is -16.1. The Hall–Kier alpha value is -4.52. The highest BCUT2D eigenvalue weighted by atomic mass is 16.8. The second-order valence-electron chi connectivity index (χ2n) is 9.89. The third-order valence-electron chi connectivity index (χ3n) is 6.07. The van der Waals surface area contributed by atoms with E-state index in [-0.39, 0.29) is 0 Å². The number of ether oxygens (including phenoxy) is 10. The molecule has 2 saturated heterocycles. The lowest BCUT2D eigenvalue weighted by molar-refractivity contribution is -0.344. The van der Waals surface area contributed by atoms with E-state index < -0.39 is 116 Å². The van der Waals surface area contributed by atoms with Crippen molar-refractivity contribution in [1.29, 1.82) is 0 Å². The van der Waals surface area contributed by atoms with Crippen LogP contribution >= 0.6 is 0 Å². The van der Waals surface area contributed by atoms with Crippen molar-refractivity contribution in [3.63, 3.8) is 0 Å². The Balaban J connectivity index is 2.73. The van der Waals surface area contributed by atoms with Crippen LogP contribution in [0.1, 0.15) is 48.5 Å². The van der Waals surface area contributed by atoms with Crippen molar-refractivity contribution in [2.24, 2.45) is 5.11 Å². The molecule has 2 rings (SSSR count). The normalized spacial score (nSPS) is 30.3. The molecule has 0 aromatic carbocycles. The average Bonchev–Trinajstić information content (AvgIpc) is 2.91. The van der Waals surface area contributed by atoms with Gasteiger partial charge in [-0.25, -0.2) is 0 Å². The zero-order valence-corrected chi connectivity index (χ0v) is 26.0. The molecule has 0 N–H and O–H groups in total. The van der Waals surface area contributed by atoms with E-state index in [2.05, 4.69) is 10.0 Å². The van der Waals surface area contributed by atoms with E-state index in [4.69, 9.17) is 52.9 Å². The van der Waals surface area contributed by atoms with Gasteiger partial charge in [0.15, 0.2) is 43.0 Å². The molecule has 0 radical (unpaired) electrons. The molecule has 46 heavy (non-hydrogen) atoms. The fraction of sp³-hybridized carbons (Fsp3) is 0.731. The molecule has 2 aliphatic rings. The zero-order valence-electron chi connectivity index (χ0n) is 26.0. The molecule has 10 atom stereocenters. The first-order valence-corrected chi connectivity index (χ1v) is 13.7. The highest BCUT2D eigenvalue weighted by molar-refractivity contribution is 5.69. The SMILES string of the molecule is CC(=O)OC[C@H]1O[C@@H](O[C@H]2[C@H](OC(C)=O)[C@H](OC(C)=O)C(N=[N+]=[N-])O[C@@H]2COC(C)=O)[C@@H](OC(C)=O)[C@@H](OC(C)=O)[C@@H]1OC(C)=O. The van der Waals surface area contributed by atoms with Gasteiger partial charge in [0.1, 0.15) is 31.5 Å². The number of rotatable bonds is 12. The largest absolute Gasteiger partial charge is 0.463 e. The predicted octanol–water partition coefficient (Wildman–Crippen LogP) is -0.0836. The minimum Gasteiger partial charge on any atom is -0.463 e. The van der Waals surface area contributed by atoms with Crippen LogP contribution in [-0.2, 0) is 80.9 Å². The molecule has 20 nitrogen and oxygen atoms in total. The number of esters is 7. The molecule has 0 amide bonds. The summed E-state index contributed by atoms with van der Waals surface area (Å²) in [5, 5.41) is 3.46. The monoisotopic (exact) mass is 661 g/mol. The lowest BCUT2D eigenvalue weighted by Crippen LogP contribution is -2.67. The smallest absolute Gasteiger partial charge is 0.303 e. The zero-order chi connectivity index (χ0) is 34.7. The summed E-state index contributed by atoms with van der Waals surface area (Å²) < 4.78 is 54.8.